The van der Waals surface area contributed by atoms with E-state index >= 15 is 0 Å². The summed E-state index contributed by atoms with van der Waals surface area (Å²) >= 11 is 5.91. The number of pyridine rings is 2. The highest BCUT2D eigenvalue weighted by atomic mass is 35.5. The number of hydrogen-bond donors (Lipinski definition) is 0. The number of hydrogen-bond acceptors (Lipinski definition) is 3. The van der Waals surface area contributed by atoms with Gasteiger partial charge in [0.2, 0.25) is 0 Å². The van der Waals surface area contributed by atoms with Gasteiger partial charge in [-0.25, -0.2) is 14.4 Å². The predicted octanol–water partition coefficient (Wildman–Crippen LogP) is 4.82. The highest BCUT2D eigenvalue weighted by Crippen LogP contribution is 2.32. The van der Waals surface area contributed by atoms with Gasteiger partial charge in [0.05, 0.1) is 17.1 Å². The van der Waals surface area contributed by atoms with E-state index in [2.05, 4.69) is 15.0 Å². The standard InChI is InChI=1S/C19H16ClFN4/c1-25(2)12-24-18-8-6-14(11-23-18)15-4-3-9-22-19(15)13-5-7-17(21)16(20)10-13/h3-12H,1-2H3/b24-12-. The van der Waals surface area contributed by atoms with Crippen molar-refractivity contribution >= 4 is 23.8 Å². The number of aromatic nitrogens is 2. The van der Waals surface area contributed by atoms with Gasteiger partial charge in [-0.05, 0) is 36.4 Å². The minimum Gasteiger partial charge on any atom is -0.369 e. The van der Waals surface area contributed by atoms with E-state index in [4.69, 9.17) is 11.6 Å². The van der Waals surface area contributed by atoms with Gasteiger partial charge in [0.25, 0.3) is 0 Å². The van der Waals surface area contributed by atoms with E-state index in [0.717, 1.165) is 22.4 Å². The maximum absolute atomic E-state index is 13.4. The van der Waals surface area contributed by atoms with Crippen molar-refractivity contribution in [3.05, 3.63) is 65.7 Å². The molecule has 0 aliphatic heterocycles. The van der Waals surface area contributed by atoms with Crippen LogP contribution in [0.4, 0.5) is 10.2 Å². The molecule has 0 saturated heterocycles. The van der Waals surface area contributed by atoms with Crippen LogP contribution in [0, 0.1) is 5.82 Å². The minimum atomic E-state index is -0.451. The van der Waals surface area contributed by atoms with E-state index in [1.54, 1.807) is 30.9 Å². The van der Waals surface area contributed by atoms with Crippen molar-refractivity contribution < 1.29 is 4.39 Å². The molecule has 0 fully saturated rings. The van der Waals surface area contributed by atoms with E-state index in [1.165, 1.54) is 6.07 Å². The Morgan fingerprint density at radius 3 is 2.56 bits per heavy atom. The molecule has 3 rings (SSSR count). The quantitative estimate of drug-likeness (QED) is 0.498. The van der Waals surface area contributed by atoms with Crippen molar-refractivity contribution in [1.82, 2.24) is 14.9 Å². The van der Waals surface area contributed by atoms with Crippen LogP contribution in [0.15, 0.2) is 59.9 Å². The highest BCUT2D eigenvalue weighted by Gasteiger charge is 2.11. The Morgan fingerprint density at radius 1 is 1.08 bits per heavy atom. The van der Waals surface area contributed by atoms with Crippen LogP contribution in [0.25, 0.3) is 22.4 Å². The molecule has 1 aromatic carbocycles. The van der Waals surface area contributed by atoms with Gasteiger partial charge in [-0.15, -0.1) is 0 Å². The van der Waals surface area contributed by atoms with Gasteiger partial charge in [-0.3, -0.25) is 4.98 Å². The lowest BCUT2D eigenvalue weighted by molar-refractivity contribution is 0.628. The molecule has 0 spiro atoms. The van der Waals surface area contributed by atoms with Gasteiger partial charge in [-0.2, -0.15) is 0 Å². The first-order valence-corrected chi connectivity index (χ1v) is 8.00. The first-order valence-electron chi connectivity index (χ1n) is 7.62. The van der Waals surface area contributed by atoms with Crippen LogP contribution < -0.4 is 0 Å². The molecule has 0 bridgehead atoms. The van der Waals surface area contributed by atoms with E-state index in [1.807, 2.05) is 43.3 Å². The Labute approximate surface area is 150 Å². The molecule has 6 heteroatoms. The van der Waals surface area contributed by atoms with E-state index in [0.29, 0.717) is 5.82 Å². The molecule has 0 amide bonds. The maximum atomic E-state index is 13.4. The Balaban J connectivity index is 1.99. The smallest absolute Gasteiger partial charge is 0.153 e. The third kappa shape index (κ3) is 4.00. The third-order valence-corrected chi connectivity index (χ3v) is 3.77. The van der Waals surface area contributed by atoms with Crippen molar-refractivity contribution in [1.29, 1.82) is 0 Å². The average Bonchev–Trinajstić information content (AvgIpc) is 2.63. The molecule has 4 nitrogen and oxygen atoms in total. The molecule has 0 aliphatic rings. The van der Waals surface area contributed by atoms with Crippen molar-refractivity contribution in [3.8, 4) is 22.4 Å². The van der Waals surface area contributed by atoms with E-state index in [-0.39, 0.29) is 5.02 Å². The molecule has 2 aromatic heterocycles. The molecule has 0 aliphatic carbocycles. The lowest BCUT2D eigenvalue weighted by Gasteiger charge is -2.09. The van der Waals surface area contributed by atoms with Gasteiger partial charge in [0.15, 0.2) is 5.82 Å². The number of benzene rings is 1. The Morgan fingerprint density at radius 2 is 1.88 bits per heavy atom. The largest absolute Gasteiger partial charge is 0.369 e. The van der Waals surface area contributed by atoms with Crippen LogP contribution >= 0.6 is 11.6 Å². The molecule has 3 aromatic rings. The van der Waals surface area contributed by atoms with Crippen molar-refractivity contribution in [2.24, 2.45) is 4.99 Å². The highest BCUT2D eigenvalue weighted by molar-refractivity contribution is 6.31. The van der Waals surface area contributed by atoms with Gasteiger partial charge < -0.3 is 4.90 Å². The predicted molar refractivity (Wildman–Crippen MR) is 99.7 cm³/mol. The molecular formula is C19H16ClFN4. The summed E-state index contributed by atoms with van der Waals surface area (Å²) < 4.78 is 13.4. The number of halogens is 2. The van der Waals surface area contributed by atoms with Gasteiger partial charge in [0, 0.05) is 43.2 Å². The Hall–Kier alpha value is -2.79. The fraction of sp³-hybridized carbons (Fsp3) is 0.105. The van der Waals surface area contributed by atoms with Crippen LogP contribution in [0.3, 0.4) is 0 Å². The average molecular weight is 355 g/mol. The summed E-state index contributed by atoms with van der Waals surface area (Å²) in [5.74, 6) is 0.167. The van der Waals surface area contributed by atoms with Crippen molar-refractivity contribution in [2.75, 3.05) is 14.1 Å². The second kappa shape index (κ2) is 7.40. The molecule has 0 N–H and O–H groups in total. The fourth-order valence-electron chi connectivity index (χ4n) is 2.31. The van der Waals surface area contributed by atoms with Gasteiger partial charge in [-0.1, -0.05) is 17.7 Å². The van der Waals surface area contributed by atoms with Gasteiger partial charge in [0.1, 0.15) is 5.82 Å². The number of aliphatic imine (C=N–C) groups is 1. The van der Waals surface area contributed by atoms with Crippen LogP contribution in [-0.2, 0) is 0 Å². The first-order chi connectivity index (χ1) is 12.0. The third-order valence-electron chi connectivity index (χ3n) is 3.48. The first kappa shape index (κ1) is 17.0. The molecule has 0 saturated carbocycles. The molecule has 2 heterocycles. The Kier molecular flexibility index (Phi) is 5.05. The maximum Gasteiger partial charge on any atom is 0.153 e. The molecule has 0 atom stereocenters. The van der Waals surface area contributed by atoms with Crippen LogP contribution in [0.5, 0.6) is 0 Å². The summed E-state index contributed by atoms with van der Waals surface area (Å²) in [6.07, 6.45) is 5.13. The zero-order valence-corrected chi connectivity index (χ0v) is 14.6. The summed E-state index contributed by atoms with van der Waals surface area (Å²) in [6.45, 7) is 0. The topological polar surface area (TPSA) is 41.4 Å². The lowest BCUT2D eigenvalue weighted by Crippen LogP contribution is -2.07. The van der Waals surface area contributed by atoms with E-state index in [9.17, 15) is 4.39 Å². The SMILES string of the molecule is CN(C)/C=N\c1ccc(-c2cccnc2-c2ccc(F)c(Cl)c2)cn1. The molecule has 0 radical (unpaired) electrons. The molecule has 0 unspecified atom stereocenters. The molecule has 126 valence electrons. The number of rotatable bonds is 4. The van der Waals surface area contributed by atoms with Crippen LogP contribution in [0.2, 0.25) is 5.02 Å². The summed E-state index contributed by atoms with van der Waals surface area (Å²) in [6, 6.07) is 12.1. The molecule has 25 heavy (non-hydrogen) atoms. The second-order valence-electron chi connectivity index (χ2n) is 5.64. The summed E-state index contributed by atoms with van der Waals surface area (Å²) in [5, 5.41) is 0.0700. The zero-order valence-electron chi connectivity index (χ0n) is 13.8. The van der Waals surface area contributed by atoms with E-state index < -0.39 is 5.82 Å². The summed E-state index contributed by atoms with van der Waals surface area (Å²) in [7, 11) is 3.79. The van der Waals surface area contributed by atoms with Crippen molar-refractivity contribution in [3.63, 3.8) is 0 Å². The summed E-state index contributed by atoms with van der Waals surface area (Å²) in [5.41, 5.74) is 3.25. The summed E-state index contributed by atoms with van der Waals surface area (Å²) in [4.78, 5) is 14.9. The lowest BCUT2D eigenvalue weighted by atomic mass is 10.0. The monoisotopic (exact) mass is 354 g/mol. The normalized spacial score (nSPS) is 11.0. The zero-order chi connectivity index (χ0) is 17.8. The van der Waals surface area contributed by atoms with Gasteiger partial charge >= 0.3 is 0 Å². The van der Waals surface area contributed by atoms with Crippen LogP contribution in [0.1, 0.15) is 0 Å². The Bertz CT molecular complexity index is 908. The fourth-order valence-corrected chi connectivity index (χ4v) is 2.49. The van der Waals surface area contributed by atoms with Crippen LogP contribution in [-0.4, -0.2) is 35.3 Å². The van der Waals surface area contributed by atoms with Crippen molar-refractivity contribution in [2.45, 2.75) is 0 Å². The minimum absolute atomic E-state index is 0.0700. The molecular weight excluding hydrogens is 339 g/mol. The number of nitrogens with zero attached hydrogens (tertiary/aromatic N) is 4. The second-order valence-corrected chi connectivity index (χ2v) is 6.05.